The average molecular weight is 455 g/mol. The van der Waals surface area contributed by atoms with Gasteiger partial charge in [-0.2, -0.15) is 0 Å². The standard InChI is InChI=1S/C21H26N2O3S2.ClH/c1-5-27-15-8-6-7-14(11-15)19(24)22-20-18(21(25)26-4)16-9-10-23(13(2)3)12-17(16)28-20;/h6-8,11,13H,5,9-10,12H2,1-4H3,(H,22,24);1H. The van der Waals surface area contributed by atoms with Crippen molar-refractivity contribution in [1.82, 2.24) is 4.90 Å². The molecule has 158 valence electrons. The van der Waals surface area contributed by atoms with Crippen LogP contribution >= 0.6 is 35.5 Å². The van der Waals surface area contributed by atoms with E-state index in [1.165, 1.54) is 18.4 Å². The van der Waals surface area contributed by atoms with Gasteiger partial charge in [-0.15, -0.1) is 35.5 Å². The predicted octanol–water partition coefficient (Wildman–Crippen LogP) is 5.09. The van der Waals surface area contributed by atoms with Crippen LogP contribution in [0.4, 0.5) is 5.00 Å². The number of esters is 1. The van der Waals surface area contributed by atoms with E-state index in [2.05, 4.69) is 31.0 Å². The number of carbonyl (C=O) groups is 2. The number of rotatable bonds is 6. The van der Waals surface area contributed by atoms with Gasteiger partial charge in [0.25, 0.3) is 5.91 Å². The lowest BCUT2D eigenvalue weighted by molar-refractivity contribution is 0.0600. The first kappa shape index (κ1) is 23.7. The number of nitrogens with one attached hydrogen (secondary N) is 1. The third-order valence-electron chi connectivity index (χ3n) is 4.84. The molecule has 29 heavy (non-hydrogen) atoms. The zero-order valence-electron chi connectivity index (χ0n) is 17.1. The van der Waals surface area contributed by atoms with Crippen LogP contribution < -0.4 is 5.32 Å². The topological polar surface area (TPSA) is 58.6 Å². The van der Waals surface area contributed by atoms with E-state index in [0.29, 0.717) is 22.2 Å². The molecular formula is C21H27ClN2O3S2. The molecule has 0 atom stereocenters. The number of ether oxygens (including phenoxy) is 1. The highest BCUT2D eigenvalue weighted by atomic mass is 35.5. The molecule has 0 bridgehead atoms. The molecule has 2 heterocycles. The number of thiophene rings is 1. The van der Waals surface area contributed by atoms with Crippen molar-refractivity contribution in [2.24, 2.45) is 0 Å². The number of amides is 1. The minimum atomic E-state index is -0.388. The Bertz CT molecular complexity index is 883. The van der Waals surface area contributed by atoms with Crippen LogP contribution in [0.25, 0.3) is 0 Å². The van der Waals surface area contributed by atoms with Gasteiger partial charge < -0.3 is 10.1 Å². The van der Waals surface area contributed by atoms with Crippen molar-refractivity contribution in [2.75, 3.05) is 24.7 Å². The van der Waals surface area contributed by atoms with E-state index in [9.17, 15) is 9.59 Å². The minimum absolute atomic E-state index is 0. The van der Waals surface area contributed by atoms with E-state index in [1.807, 2.05) is 18.2 Å². The van der Waals surface area contributed by atoms with Crippen LogP contribution in [0.3, 0.4) is 0 Å². The molecule has 0 saturated heterocycles. The number of anilines is 1. The van der Waals surface area contributed by atoms with Crippen molar-refractivity contribution in [3.63, 3.8) is 0 Å². The summed E-state index contributed by atoms with van der Waals surface area (Å²) < 4.78 is 5.01. The monoisotopic (exact) mass is 454 g/mol. The molecule has 1 aliphatic rings. The number of hydrogen-bond acceptors (Lipinski definition) is 6. The Balaban J connectivity index is 0.00000300. The van der Waals surface area contributed by atoms with Gasteiger partial charge in [0.05, 0.1) is 12.7 Å². The van der Waals surface area contributed by atoms with Gasteiger partial charge in [0.1, 0.15) is 5.00 Å². The third-order valence-corrected chi connectivity index (χ3v) is 6.85. The minimum Gasteiger partial charge on any atom is -0.465 e. The van der Waals surface area contributed by atoms with Gasteiger partial charge in [0, 0.05) is 34.5 Å². The summed E-state index contributed by atoms with van der Waals surface area (Å²) in [6.45, 7) is 8.11. The van der Waals surface area contributed by atoms with Crippen LogP contribution in [-0.4, -0.2) is 42.2 Å². The summed E-state index contributed by atoms with van der Waals surface area (Å²) in [4.78, 5) is 29.9. The van der Waals surface area contributed by atoms with E-state index in [-0.39, 0.29) is 24.3 Å². The highest BCUT2D eigenvalue weighted by Gasteiger charge is 2.30. The second-order valence-electron chi connectivity index (χ2n) is 6.93. The van der Waals surface area contributed by atoms with Crippen LogP contribution in [0.15, 0.2) is 29.2 Å². The lowest BCUT2D eigenvalue weighted by Gasteiger charge is -2.30. The van der Waals surface area contributed by atoms with Crippen LogP contribution in [-0.2, 0) is 17.7 Å². The lowest BCUT2D eigenvalue weighted by Crippen LogP contribution is -2.35. The first-order chi connectivity index (χ1) is 13.4. The second kappa shape index (κ2) is 10.5. The Morgan fingerprint density at radius 2 is 2.10 bits per heavy atom. The molecular weight excluding hydrogens is 428 g/mol. The van der Waals surface area contributed by atoms with Gasteiger partial charge in [-0.3, -0.25) is 9.69 Å². The highest BCUT2D eigenvalue weighted by Crippen LogP contribution is 2.38. The van der Waals surface area contributed by atoms with Crippen LogP contribution in [0.2, 0.25) is 0 Å². The van der Waals surface area contributed by atoms with Gasteiger partial charge in [-0.1, -0.05) is 13.0 Å². The normalized spacial score (nSPS) is 13.6. The summed E-state index contributed by atoms with van der Waals surface area (Å²) in [5.74, 6) is 0.353. The number of methoxy groups -OCH3 is 1. The first-order valence-electron chi connectivity index (χ1n) is 9.45. The van der Waals surface area contributed by atoms with Crippen molar-refractivity contribution in [3.8, 4) is 0 Å². The zero-order valence-corrected chi connectivity index (χ0v) is 19.6. The van der Waals surface area contributed by atoms with E-state index < -0.39 is 0 Å². The molecule has 3 rings (SSSR count). The largest absolute Gasteiger partial charge is 0.465 e. The summed E-state index contributed by atoms with van der Waals surface area (Å²) in [5.41, 5.74) is 2.11. The van der Waals surface area contributed by atoms with Crippen LogP contribution in [0.5, 0.6) is 0 Å². The Kier molecular flexibility index (Phi) is 8.58. The number of thioether (sulfide) groups is 1. The van der Waals surface area contributed by atoms with Crippen molar-refractivity contribution in [1.29, 1.82) is 0 Å². The van der Waals surface area contributed by atoms with Gasteiger partial charge in [0.15, 0.2) is 0 Å². The number of nitrogens with zero attached hydrogens (tertiary/aromatic N) is 1. The van der Waals surface area contributed by atoms with Crippen molar-refractivity contribution in [3.05, 3.63) is 45.8 Å². The summed E-state index contributed by atoms with van der Waals surface area (Å²) in [6.07, 6.45) is 0.785. The molecule has 1 aromatic heterocycles. The lowest BCUT2D eigenvalue weighted by atomic mass is 10.0. The molecule has 1 N–H and O–H groups in total. The molecule has 2 aromatic rings. The fraction of sp³-hybridized carbons (Fsp3) is 0.429. The molecule has 0 radical (unpaired) electrons. The Hall–Kier alpha value is -1.54. The predicted molar refractivity (Wildman–Crippen MR) is 123 cm³/mol. The van der Waals surface area contributed by atoms with E-state index in [4.69, 9.17) is 4.74 Å². The molecule has 0 spiro atoms. The molecule has 0 unspecified atom stereocenters. The highest BCUT2D eigenvalue weighted by molar-refractivity contribution is 7.99. The fourth-order valence-corrected chi connectivity index (χ4v) is 5.31. The van der Waals surface area contributed by atoms with Gasteiger partial charge in [-0.25, -0.2) is 4.79 Å². The quantitative estimate of drug-likeness (QED) is 0.486. The maximum Gasteiger partial charge on any atom is 0.341 e. The maximum atomic E-state index is 12.8. The zero-order chi connectivity index (χ0) is 20.3. The summed E-state index contributed by atoms with van der Waals surface area (Å²) in [7, 11) is 1.38. The van der Waals surface area contributed by atoms with Crippen molar-refractivity contribution < 1.29 is 14.3 Å². The van der Waals surface area contributed by atoms with Crippen molar-refractivity contribution in [2.45, 2.75) is 44.7 Å². The number of halogens is 1. The Morgan fingerprint density at radius 1 is 1.34 bits per heavy atom. The molecule has 0 saturated carbocycles. The van der Waals surface area contributed by atoms with E-state index in [0.717, 1.165) is 40.6 Å². The summed E-state index contributed by atoms with van der Waals surface area (Å²) in [5, 5.41) is 3.55. The molecule has 8 heteroatoms. The van der Waals surface area contributed by atoms with E-state index >= 15 is 0 Å². The molecule has 1 aliphatic heterocycles. The fourth-order valence-electron chi connectivity index (χ4n) is 3.34. The van der Waals surface area contributed by atoms with Gasteiger partial charge in [-0.05, 0) is 49.8 Å². The first-order valence-corrected chi connectivity index (χ1v) is 11.3. The second-order valence-corrected chi connectivity index (χ2v) is 9.37. The molecule has 0 aliphatic carbocycles. The van der Waals surface area contributed by atoms with Gasteiger partial charge >= 0.3 is 5.97 Å². The number of carbonyl (C=O) groups excluding carboxylic acids is 2. The molecule has 0 fully saturated rings. The summed E-state index contributed by atoms with van der Waals surface area (Å²) >= 11 is 3.18. The molecule has 1 amide bonds. The number of hydrogen-bond donors (Lipinski definition) is 1. The van der Waals surface area contributed by atoms with E-state index in [1.54, 1.807) is 17.8 Å². The Morgan fingerprint density at radius 3 is 2.76 bits per heavy atom. The number of fused-ring (bicyclic) bond motifs is 1. The maximum absolute atomic E-state index is 12.8. The number of benzene rings is 1. The van der Waals surface area contributed by atoms with Gasteiger partial charge in [0.2, 0.25) is 0 Å². The molecule has 5 nitrogen and oxygen atoms in total. The summed E-state index contributed by atoms with van der Waals surface area (Å²) in [6, 6.07) is 7.99. The van der Waals surface area contributed by atoms with Crippen LogP contribution in [0.1, 0.15) is 51.9 Å². The Labute approximate surface area is 186 Å². The van der Waals surface area contributed by atoms with Crippen LogP contribution in [0, 0.1) is 0 Å². The van der Waals surface area contributed by atoms with Crippen molar-refractivity contribution >= 4 is 52.4 Å². The smallest absolute Gasteiger partial charge is 0.341 e. The average Bonchev–Trinajstić information content (AvgIpc) is 3.04. The molecule has 1 aromatic carbocycles. The third kappa shape index (κ3) is 5.34. The SMILES string of the molecule is CCSc1cccc(C(=O)Nc2sc3c(c2C(=O)OC)CCN(C(C)C)C3)c1.Cl.